The molecule has 0 aliphatic heterocycles. The van der Waals surface area contributed by atoms with Gasteiger partial charge in [0.05, 0.1) is 5.75 Å². The first-order valence-corrected chi connectivity index (χ1v) is 7.69. The van der Waals surface area contributed by atoms with Gasteiger partial charge in [-0.3, -0.25) is 0 Å². The lowest BCUT2D eigenvalue weighted by molar-refractivity contribution is 0.597. The maximum absolute atomic E-state index is 11.0. The first-order chi connectivity index (χ1) is 7.04. The molecule has 15 heavy (non-hydrogen) atoms. The molecule has 0 atom stereocenters. The van der Waals surface area contributed by atoms with Crippen molar-refractivity contribution in [3.63, 3.8) is 0 Å². The molecular weight excluding hydrogens is 230 g/mol. The topological polar surface area (TPSA) is 60.2 Å². The molecule has 1 aliphatic rings. The van der Waals surface area contributed by atoms with E-state index in [4.69, 9.17) is 5.14 Å². The molecule has 1 aliphatic carbocycles. The molecule has 5 heteroatoms. The Balaban J connectivity index is 2.22. The van der Waals surface area contributed by atoms with Crippen molar-refractivity contribution in [3.05, 3.63) is 21.4 Å². The fourth-order valence-electron chi connectivity index (χ4n) is 2.00. The zero-order valence-electron chi connectivity index (χ0n) is 8.53. The van der Waals surface area contributed by atoms with Gasteiger partial charge in [0, 0.05) is 9.75 Å². The van der Waals surface area contributed by atoms with Gasteiger partial charge in [-0.05, 0) is 37.3 Å². The summed E-state index contributed by atoms with van der Waals surface area (Å²) in [5, 5.41) is 5.04. The largest absolute Gasteiger partial charge is 0.228 e. The SMILES string of the molecule is NS(=O)(=O)Cc1cc2c(s1)CCCCC2. The summed E-state index contributed by atoms with van der Waals surface area (Å²) in [5.41, 5.74) is 1.34. The molecule has 0 amide bonds. The first-order valence-electron chi connectivity index (χ1n) is 5.15. The van der Waals surface area contributed by atoms with Gasteiger partial charge in [-0.15, -0.1) is 11.3 Å². The molecule has 84 valence electrons. The highest BCUT2D eigenvalue weighted by molar-refractivity contribution is 7.88. The third-order valence-corrected chi connectivity index (χ3v) is 4.77. The molecule has 0 saturated carbocycles. The number of rotatable bonds is 2. The number of primary sulfonamides is 1. The summed E-state index contributed by atoms with van der Waals surface area (Å²) in [6.07, 6.45) is 5.92. The molecule has 2 N–H and O–H groups in total. The van der Waals surface area contributed by atoms with Crippen molar-refractivity contribution in [1.29, 1.82) is 0 Å². The quantitative estimate of drug-likeness (QED) is 0.808. The number of fused-ring (bicyclic) bond motifs is 1. The van der Waals surface area contributed by atoms with Gasteiger partial charge < -0.3 is 0 Å². The van der Waals surface area contributed by atoms with Crippen LogP contribution < -0.4 is 5.14 Å². The monoisotopic (exact) mass is 245 g/mol. The Labute approximate surface area is 94.4 Å². The summed E-state index contributed by atoms with van der Waals surface area (Å²) in [5.74, 6) is -0.00926. The van der Waals surface area contributed by atoms with Gasteiger partial charge in [0.2, 0.25) is 10.0 Å². The van der Waals surface area contributed by atoms with Crippen molar-refractivity contribution < 1.29 is 8.42 Å². The predicted octanol–water partition coefficient (Wildman–Crippen LogP) is 1.81. The van der Waals surface area contributed by atoms with Crippen LogP contribution in [0, 0.1) is 0 Å². The van der Waals surface area contributed by atoms with Crippen molar-refractivity contribution in [2.24, 2.45) is 5.14 Å². The van der Waals surface area contributed by atoms with E-state index in [-0.39, 0.29) is 5.75 Å². The van der Waals surface area contributed by atoms with E-state index in [9.17, 15) is 8.42 Å². The van der Waals surface area contributed by atoms with Gasteiger partial charge in [-0.2, -0.15) is 0 Å². The van der Waals surface area contributed by atoms with Gasteiger partial charge in [-0.25, -0.2) is 13.6 Å². The van der Waals surface area contributed by atoms with E-state index in [0.717, 1.165) is 17.7 Å². The Kier molecular flexibility index (Phi) is 3.13. The molecule has 0 aromatic carbocycles. The standard InChI is InChI=1S/C10H15NO2S2/c11-15(12,13)7-9-6-8-4-2-1-3-5-10(8)14-9/h6H,1-5,7H2,(H2,11,12,13). The van der Waals surface area contributed by atoms with Gasteiger partial charge in [0.25, 0.3) is 0 Å². The lowest BCUT2D eigenvalue weighted by Crippen LogP contribution is -2.13. The lowest BCUT2D eigenvalue weighted by atomic mass is 10.1. The molecule has 1 aromatic heterocycles. The van der Waals surface area contributed by atoms with Crippen LogP contribution in [-0.4, -0.2) is 8.42 Å². The minimum atomic E-state index is -3.38. The van der Waals surface area contributed by atoms with Crippen LogP contribution in [0.3, 0.4) is 0 Å². The average molecular weight is 245 g/mol. The molecule has 3 nitrogen and oxygen atoms in total. The molecule has 1 aromatic rings. The summed E-state index contributed by atoms with van der Waals surface area (Å²) >= 11 is 1.62. The van der Waals surface area contributed by atoms with Crippen molar-refractivity contribution in [2.45, 2.75) is 37.9 Å². The van der Waals surface area contributed by atoms with Crippen LogP contribution in [0.1, 0.15) is 34.6 Å². The van der Waals surface area contributed by atoms with E-state index in [1.807, 2.05) is 6.07 Å². The van der Waals surface area contributed by atoms with Crippen molar-refractivity contribution in [3.8, 4) is 0 Å². The van der Waals surface area contributed by atoms with Crippen molar-refractivity contribution >= 4 is 21.4 Å². The first kappa shape index (κ1) is 11.1. The van der Waals surface area contributed by atoms with Crippen LogP contribution in [0.5, 0.6) is 0 Å². The van der Waals surface area contributed by atoms with E-state index < -0.39 is 10.0 Å². The smallest absolute Gasteiger partial charge is 0.214 e. The average Bonchev–Trinajstić information content (AvgIpc) is 2.32. The van der Waals surface area contributed by atoms with E-state index in [2.05, 4.69) is 0 Å². The van der Waals surface area contributed by atoms with E-state index in [1.54, 1.807) is 11.3 Å². The van der Waals surface area contributed by atoms with Gasteiger partial charge in [-0.1, -0.05) is 6.42 Å². The normalized spacial score (nSPS) is 17.1. The predicted molar refractivity (Wildman–Crippen MR) is 62.4 cm³/mol. The summed E-state index contributed by atoms with van der Waals surface area (Å²) in [6, 6.07) is 2.02. The third kappa shape index (κ3) is 3.03. The fourth-order valence-corrected chi connectivity index (χ4v) is 4.26. The molecule has 0 spiro atoms. The Morgan fingerprint density at radius 1 is 1.27 bits per heavy atom. The highest BCUT2D eigenvalue weighted by atomic mass is 32.2. The summed E-state index contributed by atoms with van der Waals surface area (Å²) in [4.78, 5) is 2.26. The highest BCUT2D eigenvalue weighted by Gasteiger charge is 2.14. The minimum absolute atomic E-state index is 0.00926. The van der Waals surface area contributed by atoms with Crippen LogP contribution in [0.2, 0.25) is 0 Å². The van der Waals surface area contributed by atoms with Crippen LogP contribution in [0.25, 0.3) is 0 Å². The summed E-state index contributed by atoms with van der Waals surface area (Å²) in [7, 11) is -3.38. The number of thiophene rings is 1. The third-order valence-electron chi connectivity index (χ3n) is 2.64. The maximum atomic E-state index is 11.0. The van der Waals surface area contributed by atoms with Crippen molar-refractivity contribution in [2.75, 3.05) is 0 Å². The van der Waals surface area contributed by atoms with Crippen LogP contribution in [0.15, 0.2) is 6.07 Å². The number of hydrogen-bond donors (Lipinski definition) is 1. The Hall–Kier alpha value is -0.390. The molecule has 0 unspecified atom stereocenters. The molecule has 1 heterocycles. The molecule has 0 radical (unpaired) electrons. The summed E-state index contributed by atoms with van der Waals surface area (Å²) in [6.45, 7) is 0. The Morgan fingerprint density at radius 2 is 2.00 bits per heavy atom. The second-order valence-corrected chi connectivity index (χ2v) is 6.86. The number of aryl methyl sites for hydroxylation is 2. The van der Waals surface area contributed by atoms with Crippen molar-refractivity contribution in [1.82, 2.24) is 0 Å². The van der Waals surface area contributed by atoms with Crippen LogP contribution in [-0.2, 0) is 28.6 Å². The van der Waals surface area contributed by atoms with Gasteiger partial charge >= 0.3 is 0 Å². The molecule has 0 bridgehead atoms. The second kappa shape index (κ2) is 4.23. The zero-order chi connectivity index (χ0) is 10.9. The molecular formula is C10H15NO2S2. The van der Waals surface area contributed by atoms with Crippen LogP contribution in [0.4, 0.5) is 0 Å². The highest BCUT2D eigenvalue weighted by Crippen LogP contribution is 2.29. The fraction of sp³-hybridized carbons (Fsp3) is 0.600. The second-order valence-electron chi connectivity index (χ2n) is 4.03. The van der Waals surface area contributed by atoms with Crippen LogP contribution >= 0.6 is 11.3 Å². The maximum Gasteiger partial charge on any atom is 0.214 e. The molecule has 2 rings (SSSR count). The number of sulfonamides is 1. The van der Waals surface area contributed by atoms with Gasteiger partial charge in [0.1, 0.15) is 0 Å². The lowest BCUT2D eigenvalue weighted by Gasteiger charge is -1.94. The van der Waals surface area contributed by atoms with E-state index in [1.165, 1.54) is 29.7 Å². The number of hydrogen-bond acceptors (Lipinski definition) is 3. The van der Waals surface area contributed by atoms with E-state index >= 15 is 0 Å². The number of nitrogens with two attached hydrogens (primary N) is 1. The molecule has 0 fully saturated rings. The summed E-state index contributed by atoms with van der Waals surface area (Å²) < 4.78 is 21.9. The Bertz CT molecular complexity index is 424. The molecule has 0 saturated heterocycles. The van der Waals surface area contributed by atoms with Gasteiger partial charge in [0.15, 0.2) is 0 Å². The van der Waals surface area contributed by atoms with E-state index in [0.29, 0.717) is 0 Å². The minimum Gasteiger partial charge on any atom is -0.228 e. The Morgan fingerprint density at radius 3 is 2.73 bits per heavy atom. The zero-order valence-corrected chi connectivity index (χ0v) is 10.2.